The smallest absolute Gasteiger partial charge is 0.305 e. The normalized spacial score (nSPS) is 8.78. The third-order valence-electron chi connectivity index (χ3n) is 3.20. The summed E-state index contributed by atoms with van der Waals surface area (Å²) in [4.78, 5) is 24.9. The van der Waals surface area contributed by atoms with Crippen molar-refractivity contribution in [1.29, 1.82) is 0 Å². The van der Waals surface area contributed by atoms with E-state index in [1.165, 1.54) is 6.07 Å². The highest BCUT2D eigenvalue weighted by Crippen LogP contribution is 2.03. The van der Waals surface area contributed by atoms with E-state index in [0.717, 1.165) is 16.5 Å². The predicted octanol–water partition coefficient (Wildman–Crippen LogP) is 5.72. The molecule has 0 radical (unpaired) electrons. The SMILES string of the molecule is CC.CC.CCC(=O)OCc1ccccc1.O=c1cc[nH]c2ccccc12. The van der Waals surface area contributed by atoms with Gasteiger partial charge in [0.15, 0.2) is 5.43 Å². The number of nitrogens with one attached hydrogen (secondary N) is 1. The number of esters is 1. The van der Waals surface area contributed by atoms with E-state index in [-0.39, 0.29) is 11.4 Å². The van der Waals surface area contributed by atoms with Crippen LogP contribution in [-0.4, -0.2) is 11.0 Å². The van der Waals surface area contributed by atoms with Gasteiger partial charge in [-0.2, -0.15) is 0 Å². The minimum Gasteiger partial charge on any atom is -0.461 e. The molecule has 27 heavy (non-hydrogen) atoms. The number of aromatic nitrogens is 1. The number of rotatable bonds is 3. The topological polar surface area (TPSA) is 59.2 Å². The van der Waals surface area contributed by atoms with E-state index in [2.05, 4.69) is 4.98 Å². The average Bonchev–Trinajstić information content (AvgIpc) is 2.76. The molecule has 3 rings (SSSR count). The summed E-state index contributed by atoms with van der Waals surface area (Å²) in [6, 6.07) is 18.6. The molecule has 4 heteroatoms. The molecule has 0 aliphatic rings. The lowest BCUT2D eigenvalue weighted by Crippen LogP contribution is -2.01. The Morgan fingerprint density at radius 1 is 0.889 bits per heavy atom. The van der Waals surface area contributed by atoms with Crippen LogP contribution in [0.15, 0.2) is 71.7 Å². The van der Waals surface area contributed by atoms with Gasteiger partial charge in [-0.05, 0) is 17.7 Å². The molecule has 0 atom stereocenters. The van der Waals surface area contributed by atoms with Crippen LogP contribution >= 0.6 is 0 Å². The summed E-state index contributed by atoms with van der Waals surface area (Å²) in [5.41, 5.74) is 1.98. The summed E-state index contributed by atoms with van der Waals surface area (Å²) in [5, 5.41) is 0.745. The lowest BCUT2D eigenvalue weighted by atomic mass is 10.2. The second kappa shape index (κ2) is 15.4. The molecule has 0 saturated heterocycles. The first kappa shape index (κ1) is 24.1. The lowest BCUT2D eigenvalue weighted by molar-refractivity contribution is -0.144. The van der Waals surface area contributed by atoms with Gasteiger partial charge in [0.05, 0.1) is 0 Å². The first-order valence-electron chi connectivity index (χ1n) is 9.46. The maximum absolute atomic E-state index is 11.2. The second-order valence-electron chi connectivity index (χ2n) is 4.89. The zero-order valence-corrected chi connectivity index (χ0v) is 17.0. The molecule has 1 N–H and O–H groups in total. The van der Waals surface area contributed by atoms with Crippen molar-refractivity contribution in [2.24, 2.45) is 0 Å². The number of ether oxygens (including phenoxy) is 1. The molecule has 1 aromatic heterocycles. The van der Waals surface area contributed by atoms with E-state index in [4.69, 9.17) is 4.74 Å². The lowest BCUT2D eigenvalue weighted by Gasteiger charge is -2.01. The molecule has 0 amide bonds. The standard InChI is InChI=1S/C10H12O2.C9H7NO.2C2H6/c1-2-10(11)12-8-9-6-4-3-5-7-9;11-9-5-6-10-8-4-2-1-3-7(8)9;2*1-2/h3-7H,2,8H2,1H3;1-6H,(H,10,11);2*1-2H3. The van der Waals surface area contributed by atoms with E-state index in [1.54, 1.807) is 13.1 Å². The molecule has 0 fully saturated rings. The number of H-pyrrole nitrogens is 1. The molecule has 0 aliphatic heterocycles. The third-order valence-corrected chi connectivity index (χ3v) is 3.20. The average molecular weight is 370 g/mol. The maximum Gasteiger partial charge on any atom is 0.305 e. The molecule has 0 unspecified atom stereocenters. The molecule has 0 aliphatic carbocycles. The van der Waals surface area contributed by atoms with Crippen LogP contribution < -0.4 is 5.43 Å². The number of aromatic amines is 1. The molecule has 4 nitrogen and oxygen atoms in total. The van der Waals surface area contributed by atoms with Crippen LogP contribution in [0.3, 0.4) is 0 Å². The molecule has 3 aromatic rings. The van der Waals surface area contributed by atoms with Crippen LogP contribution in [0.1, 0.15) is 46.6 Å². The summed E-state index contributed by atoms with van der Waals surface area (Å²) < 4.78 is 4.94. The highest BCUT2D eigenvalue weighted by atomic mass is 16.5. The Morgan fingerprint density at radius 2 is 1.48 bits per heavy atom. The number of benzene rings is 2. The zero-order chi connectivity index (χ0) is 20.5. The first-order valence-corrected chi connectivity index (χ1v) is 9.46. The van der Waals surface area contributed by atoms with Gasteiger partial charge in [0.2, 0.25) is 0 Å². The second-order valence-corrected chi connectivity index (χ2v) is 4.89. The van der Waals surface area contributed by atoms with E-state index in [9.17, 15) is 9.59 Å². The summed E-state index contributed by atoms with van der Waals surface area (Å²) in [7, 11) is 0. The summed E-state index contributed by atoms with van der Waals surface area (Å²) in [5.74, 6) is -0.154. The van der Waals surface area contributed by atoms with Gasteiger partial charge in [0, 0.05) is 29.6 Å². The van der Waals surface area contributed by atoms with Crippen molar-refractivity contribution in [2.45, 2.75) is 47.6 Å². The Bertz CT molecular complexity index is 805. The number of pyridine rings is 1. The van der Waals surface area contributed by atoms with Gasteiger partial charge in [-0.15, -0.1) is 0 Å². The summed E-state index contributed by atoms with van der Waals surface area (Å²) >= 11 is 0. The van der Waals surface area contributed by atoms with Gasteiger partial charge in [-0.25, -0.2) is 0 Å². The van der Waals surface area contributed by atoms with Gasteiger partial charge in [0.1, 0.15) is 6.61 Å². The van der Waals surface area contributed by atoms with Gasteiger partial charge in [-0.3, -0.25) is 9.59 Å². The van der Waals surface area contributed by atoms with Crippen LogP contribution in [0.5, 0.6) is 0 Å². The fraction of sp³-hybridized carbons (Fsp3) is 0.304. The van der Waals surface area contributed by atoms with Crippen molar-refractivity contribution >= 4 is 16.9 Å². The molecule has 0 saturated carbocycles. The molecule has 0 spiro atoms. The van der Waals surface area contributed by atoms with Gasteiger partial charge in [-0.1, -0.05) is 77.1 Å². The van der Waals surface area contributed by atoms with Crippen LogP contribution in [0, 0.1) is 0 Å². The minimum atomic E-state index is -0.154. The minimum absolute atomic E-state index is 0.0688. The number of carbonyl (C=O) groups excluding carboxylic acids is 1. The van der Waals surface area contributed by atoms with E-state index in [1.807, 2.05) is 82.3 Å². The monoisotopic (exact) mass is 369 g/mol. The van der Waals surface area contributed by atoms with Crippen molar-refractivity contribution in [1.82, 2.24) is 4.98 Å². The number of carbonyl (C=O) groups is 1. The predicted molar refractivity (Wildman–Crippen MR) is 114 cm³/mol. The third kappa shape index (κ3) is 9.40. The number of para-hydroxylation sites is 1. The van der Waals surface area contributed by atoms with Crippen LogP contribution in [0.2, 0.25) is 0 Å². The summed E-state index contributed by atoms with van der Waals surface area (Å²) in [6.07, 6.45) is 2.09. The highest BCUT2D eigenvalue weighted by Gasteiger charge is 1.97. The highest BCUT2D eigenvalue weighted by molar-refractivity contribution is 5.77. The van der Waals surface area contributed by atoms with Crippen molar-refractivity contribution in [3.05, 3.63) is 82.6 Å². The Hall–Kier alpha value is -2.88. The quantitative estimate of drug-likeness (QED) is 0.601. The number of hydrogen-bond acceptors (Lipinski definition) is 3. The van der Waals surface area contributed by atoms with E-state index < -0.39 is 0 Å². The molecule has 1 heterocycles. The van der Waals surface area contributed by atoms with Gasteiger partial charge in [0.25, 0.3) is 0 Å². The van der Waals surface area contributed by atoms with Crippen LogP contribution in [-0.2, 0) is 16.1 Å². The maximum atomic E-state index is 11.2. The Kier molecular flexibility index (Phi) is 13.7. The molecule has 146 valence electrons. The van der Waals surface area contributed by atoms with E-state index in [0.29, 0.717) is 13.0 Å². The van der Waals surface area contributed by atoms with Gasteiger partial charge >= 0.3 is 5.97 Å². The van der Waals surface area contributed by atoms with Crippen LogP contribution in [0.4, 0.5) is 0 Å². The molecular weight excluding hydrogens is 338 g/mol. The Labute approximate surface area is 162 Å². The van der Waals surface area contributed by atoms with Crippen molar-refractivity contribution in [3.8, 4) is 0 Å². The zero-order valence-electron chi connectivity index (χ0n) is 17.0. The van der Waals surface area contributed by atoms with Crippen molar-refractivity contribution in [3.63, 3.8) is 0 Å². The number of fused-ring (bicyclic) bond motifs is 1. The molecular formula is C23H31NO3. The van der Waals surface area contributed by atoms with Crippen molar-refractivity contribution < 1.29 is 9.53 Å². The summed E-state index contributed by atoms with van der Waals surface area (Å²) in [6.45, 7) is 10.2. The Morgan fingerprint density at radius 3 is 2.07 bits per heavy atom. The number of hydrogen-bond donors (Lipinski definition) is 1. The van der Waals surface area contributed by atoms with E-state index >= 15 is 0 Å². The van der Waals surface area contributed by atoms with Gasteiger partial charge < -0.3 is 9.72 Å². The molecule has 2 aromatic carbocycles. The fourth-order valence-corrected chi connectivity index (χ4v) is 1.96. The molecule has 0 bridgehead atoms. The first-order chi connectivity index (χ1) is 13.2. The Balaban J connectivity index is 0.000000424. The van der Waals surface area contributed by atoms with Crippen LogP contribution in [0.25, 0.3) is 10.9 Å². The largest absolute Gasteiger partial charge is 0.461 e. The van der Waals surface area contributed by atoms with Crippen molar-refractivity contribution in [2.75, 3.05) is 0 Å². The fourth-order valence-electron chi connectivity index (χ4n) is 1.96.